The van der Waals surface area contributed by atoms with Crippen molar-refractivity contribution < 1.29 is 31.6 Å². The predicted molar refractivity (Wildman–Crippen MR) is 106 cm³/mol. The number of benzene rings is 2. The van der Waals surface area contributed by atoms with Crippen LogP contribution in [0, 0.1) is 15.9 Å². The molecule has 2 aromatic rings. The van der Waals surface area contributed by atoms with Gasteiger partial charge in [0.15, 0.2) is 0 Å². The molecule has 0 atom stereocenters. The van der Waals surface area contributed by atoms with Crippen molar-refractivity contribution in [1.82, 2.24) is 9.34 Å². The Bertz CT molecular complexity index is 1170. The van der Waals surface area contributed by atoms with Gasteiger partial charge in [-0.05, 0) is 30.3 Å². The third kappa shape index (κ3) is 4.76. The fraction of sp³-hybridized carbons (Fsp3) is 0.294. The quantitative estimate of drug-likeness (QED) is 0.252. The van der Waals surface area contributed by atoms with Crippen LogP contribution in [0.25, 0.3) is 0 Å². The van der Waals surface area contributed by atoms with Crippen molar-refractivity contribution in [2.75, 3.05) is 26.2 Å². The summed E-state index contributed by atoms with van der Waals surface area (Å²) in [6.07, 6.45) is 0. The minimum atomic E-state index is -3.92. The smallest absolute Gasteiger partial charge is 0.346 e. The Morgan fingerprint density at radius 2 is 1.71 bits per heavy atom. The summed E-state index contributed by atoms with van der Waals surface area (Å²) in [7, 11) is -7.12. The fourth-order valence-electron chi connectivity index (χ4n) is 2.84. The molecule has 2 aliphatic rings. The van der Waals surface area contributed by atoms with Crippen molar-refractivity contribution in [3.05, 3.63) is 57.9 Å². The number of rotatable bonds is 9. The molecular weight excluding hydrogens is 454 g/mol. The van der Waals surface area contributed by atoms with E-state index in [-0.39, 0.29) is 28.6 Å². The maximum Gasteiger partial charge on any atom is 0.346 e. The second kappa shape index (κ2) is 7.93. The summed E-state index contributed by atoms with van der Waals surface area (Å²) in [5, 5.41) is 16.4. The lowest BCUT2D eigenvalue weighted by Gasteiger charge is -2.20. The molecule has 0 radical (unpaired) electrons. The molecule has 0 bridgehead atoms. The van der Waals surface area contributed by atoms with Gasteiger partial charge < -0.3 is 9.26 Å². The Hall–Kier alpha value is -2.41. The Labute approximate surface area is 176 Å². The van der Waals surface area contributed by atoms with Gasteiger partial charge in [0.2, 0.25) is 15.8 Å². The zero-order valence-electron chi connectivity index (χ0n) is 16.0. The van der Waals surface area contributed by atoms with Crippen molar-refractivity contribution in [2.45, 2.75) is 11.5 Å². The van der Waals surface area contributed by atoms with Crippen molar-refractivity contribution in [3.8, 4) is 11.5 Å². The van der Waals surface area contributed by atoms with E-state index in [2.05, 4.69) is 0 Å². The summed E-state index contributed by atoms with van der Waals surface area (Å²) in [5.41, 5.74) is -0.692. The molecule has 31 heavy (non-hydrogen) atoms. The molecule has 14 heteroatoms. The summed E-state index contributed by atoms with van der Waals surface area (Å²) < 4.78 is 64.6. The van der Waals surface area contributed by atoms with Crippen LogP contribution < -0.4 is 9.88 Å². The molecule has 2 aromatic carbocycles. The summed E-state index contributed by atoms with van der Waals surface area (Å²) in [5.74, 6) is -1.10. The lowest BCUT2D eigenvalue weighted by Crippen LogP contribution is -2.11. The molecule has 0 aliphatic carbocycles. The molecule has 2 N–H and O–H groups in total. The standard InChI is InChI=1S/C17H18FN4O7PS/c18-15-10-16(22(23)24)17(29-13-1-3-14(4-2-13)31(19,26)27)9-12(15)11-28-30(25,20-5-6-20)21-7-8-21/h1-4,9-10H,5-8,11H2,(H2,19,26,27). The van der Waals surface area contributed by atoms with Crippen LogP contribution in [-0.4, -0.2) is 48.9 Å². The lowest BCUT2D eigenvalue weighted by molar-refractivity contribution is -0.385. The van der Waals surface area contributed by atoms with Gasteiger partial charge in [0.05, 0.1) is 22.5 Å². The average Bonchev–Trinajstić information content (AvgIpc) is 3.59. The van der Waals surface area contributed by atoms with E-state index >= 15 is 0 Å². The van der Waals surface area contributed by atoms with E-state index in [1.807, 2.05) is 0 Å². The molecular formula is C17H18FN4O7PS. The monoisotopic (exact) mass is 472 g/mol. The molecule has 2 aliphatic heterocycles. The van der Waals surface area contributed by atoms with Crippen molar-refractivity contribution in [2.24, 2.45) is 5.14 Å². The lowest BCUT2D eigenvalue weighted by atomic mass is 10.2. The number of halogens is 1. The first kappa shape index (κ1) is 21.8. The number of nitrogens with zero attached hydrogens (tertiary/aromatic N) is 3. The first-order valence-corrected chi connectivity index (χ1v) is 12.2. The third-order valence-electron chi connectivity index (χ3n) is 4.66. The van der Waals surface area contributed by atoms with Gasteiger partial charge >= 0.3 is 13.4 Å². The normalized spacial score (nSPS) is 16.8. The zero-order valence-corrected chi connectivity index (χ0v) is 17.7. The van der Waals surface area contributed by atoms with E-state index in [4.69, 9.17) is 14.4 Å². The van der Waals surface area contributed by atoms with E-state index in [0.717, 1.165) is 6.07 Å². The zero-order chi connectivity index (χ0) is 22.4. The van der Waals surface area contributed by atoms with Crippen LogP contribution in [0.4, 0.5) is 10.1 Å². The maximum atomic E-state index is 14.5. The summed E-state index contributed by atoms with van der Waals surface area (Å²) >= 11 is 0. The number of hydrogen-bond acceptors (Lipinski definition) is 7. The molecule has 166 valence electrons. The highest BCUT2D eigenvalue weighted by Crippen LogP contribution is 2.61. The summed E-state index contributed by atoms with van der Waals surface area (Å²) in [6.45, 7) is 2.13. The number of nitro groups is 1. The highest BCUT2D eigenvalue weighted by atomic mass is 32.2. The van der Waals surface area contributed by atoms with Gasteiger partial charge in [-0.1, -0.05) is 0 Å². The van der Waals surface area contributed by atoms with Crippen molar-refractivity contribution >= 4 is 23.4 Å². The SMILES string of the molecule is NS(=O)(=O)c1ccc(Oc2cc(COP(=O)(N3CC3)N3CC3)c(F)cc2[N+](=O)[O-])cc1. The Balaban J connectivity index is 1.59. The number of sulfonamides is 1. The summed E-state index contributed by atoms with van der Waals surface area (Å²) in [6, 6.07) is 6.68. The van der Waals surface area contributed by atoms with Gasteiger partial charge in [-0.2, -0.15) is 0 Å². The molecule has 0 saturated carbocycles. The second-order valence-corrected chi connectivity index (χ2v) is 10.9. The molecule has 0 aromatic heterocycles. The molecule has 2 heterocycles. The molecule has 2 fully saturated rings. The first-order chi connectivity index (χ1) is 14.6. The van der Waals surface area contributed by atoms with Crippen LogP contribution in [0.1, 0.15) is 5.56 Å². The number of primary sulfonamides is 1. The second-order valence-electron chi connectivity index (χ2n) is 6.96. The predicted octanol–water partition coefficient (Wildman–Crippen LogP) is 2.43. The first-order valence-electron chi connectivity index (χ1n) is 9.11. The molecule has 2 saturated heterocycles. The maximum absolute atomic E-state index is 14.5. The average molecular weight is 472 g/mol. The van der Waals surface area contributed by atoms with E-state index in [1.54, 1.807) is 9.34 Å². The molecule has 0 spiro atoms. The van der Waals surface area contributed by atoms with Crippen LogP contribution in [0.2, 0.25) is 0 Å². The van der Waals surface area contributed by atoms with Gasteiger partial charge in [0.1, 0.15) is 11.6 Å². The van der Waals surface area contributed by atoms with E-state index in [0.29, 0.717) is 32.2 Å². The van der Waals surface area contributed by atoms with E-state index in [1.165, 1.54) is 24.3 Å². The van der Waals surface area contributed by atoms with Gasteiger partial charge in [-0.25, -0.2) is 27.3 Å². The largest absolute Gasteiger partial charge is 0.450 e. The molecule has 11 nitrogen and oxygen atoms in total. The molecule has 4 rings (SSSR count). The highest BCUT2D eigenvalue weighted by Gasteiger charge is 2.49. The topological polar surface area (TPSA) is 145 Å². The Morgan fingerprint density at radius 3 is 2.19 bits per heavy atom. The van der Waals surface area contributed by atoms with E-state index < -0.39 is 34.1 Å². The molecule has 0 unspecified atom stereocenters. The van der Waals surface area contributed by atoms with Gasteiger partial charge in [-0.15, -0.1) is 0 Å². The number of hydrogen-bond donors (Lipinski definition) is 1. The van der Waals surface area contributed by atoms with Crippen molar-refractivity contribution in [1.29, 1.82) is 0 Å². The Morgan fingerprint density at radius 1 is 1.13 bits per heavy atom. The minimum absolute atomic E-state index is 0.0642. The van der Waals surface area contributed by atoms with Crippen LogP contribution >= 0.6 is 7.67 Å². The molecule has 0 amide bonds. The Kier molecular flexibility index (Phi) is 5.58. The number of nitrogens with two attached hydrogens (primary N) is 1. The van der Waals surface area contributed by atoms with Crippen molar-refractivity contribution in [3.63, 3.8) is 0 Å². The number of nitro benzene ring substituents is 1. The number of ether oxygens (including phenoxy) is 1. The minimum Gasteiger partial charge on any atom is -0.450 e. The highest BCUT2D eigenvalue weighted by molar-refractivity contribution is 7.89. The van der Waals surface area contributed by atoms with Crippen LogP contribution in [0.5, 0.6) is 11.5 Å². The van der Waals surface area contributed by atoms with E-state index in [9.17, 15) is 27.5 Å². The fourth-order valence-corrected chi connectivity index (χ4v) is 5.53. The third-order valence-corrected chi connectivity index (χ3v) is 8.28. The van der Waals surface area contributed by atoms with Gasteiger partial charge in [-0.3, -0.25) is 14.7 Å². The van der Waals surface area contributed by atoms with Crippen LogP contribution in [-0.2, 0) is 25.7 Å². The van der Waals surface area contributed by atoms with Crippen LogP contribution in [0.3, 0.4) is 0 Å². The summed E-state index contributed by atoms with van der Waals surface area (Å²) in [4.78, 5) is 10.4. The van der Waals surface area contributed by atoms with Crippen LogP contribution in [0.15, 0.2) is 41.3 Å². The van der Waals surface area contributed by atoms with Gasteiger partial charge in [0.25, 0.3) is 0 Å². The van der Waals surface area contributed by atoms with Gasteiger partial charge in [0, 0.05) is 31.7 Å².